The molecule has 72 valence electrons. The first-order valence-corrected chi connectivity index (χ1v) is 5.37. The van der Waals surface area contributed by atoms with Crippen molar-refractivity contribution >= 4 is 17.1 Å². The van der Waals surface area contributed by atoms with E-state index in [1.165, 1.54) is 11.3 Å². The van der Waals surface area contributed by atoms with Gasteiger partial charge in [0.15, 0.2) is 5.78 Å². The predicted octanol–water partition coefficient (Wildman–Crippen LogP) is 2.75. The zero-order valence-corrected chi connectivity index (χ0v) is 8.60. The molecule has 1 aromatic heterocycles. The maximum atomic E-state index is 11.4. The van der Waals surface area contributed by atoms with Crippen LogP contribution in [0.5, 0.6) is 0 Å². The number of carbonyl (C=O) groups is 1. The van der Waals surface area contributed by atoms with Crippen LogP contribution in [0.1, 0.15) is 29.4 Å². The lowest BCUT2D eigenvalue weighted by atomic mass is 10.2. The van der Waals surface area contributed by atoms with Crippen LogP contribution < -0.4 is 0 Å². The van der Waals surface area contributed by atoms with E-state index in [-0.39, 0.29) is 5.78 Å². The van der Waals surface area contributed by atoms with Gasteiger partial charge in [0.05, 0.1) is 4.88 Å². The van der Waals surface area contributed by atoms with Gasteiger partial charge in [-0.1, -0.05) is 6.07 Å². The summed E-state index contributed by atoms with van der Waals surface area (Å²) in [6, 6.07) is 3.77. The maximum absolute atomic E-state index is 11.4. The summed E-state index contributed by atoms with van der Waals surface area (Å²) in [5, 5.41) is 1.93. The third kappa shape index (κ3) is 3.70. The Morgan fingerprint density at radius 3 is 3.08 bits per heavy atom. The van der Waals surface area contributed by atoms with Gasteiger partial charge in [-0.25, -0.2) is 0 Å². The van der Waals surface area contributed by atoms with Crippen molar-refractivity contribution in [3.63, 3.8) is 0 Å². The van der Waals surface area contributed by atoms with E-state index < -0.39 is 0 Å². The van der Waals surface area contributed by atoms with E-state index in [4.69, 9.17) is 4.74 Å². The molecule has 0 aliphatic heterocycles. The average molecular weight is 198 g/mol. The van der Waals surface area contributed by atoms with E-state index in [2.05, 4.69) is 0 Å². The van der Waals surface area contributed by atoms with E-state index in [0.29, 0.717) is 13.0 Å². The van der Waals surface area contributed by atoms with Crippen molar-refractivity contribution in [2.75, 3.05) is 13.2 Å². The lowest BCUT2D eigenvalue weighted by molar-refractivity contribution is 0.0951. The third-order valence-electron chi connectivity index (χ3n) is 1.69. The molecule has 1 aromatic rings. The highest BCUT2D eigenvalue weighted by Crippen LogP contribution is 2.12. The summed E-state index contributed by atoms with van der Waals surface area (Å²) in [5.41, 5.74) is 0. The fourth-order valence-corrected chi connectivity index (χ4v) is 1.73. The SMILES string of the molecule is CCOCCCC(=O)c1cccs1. The number of hydrogen-bond donors (Lipinski definition) is 0. The average Bonchev–Trinajstić information content (AvgIpc) is 2.65. The van der Waals surface area contributed by atoms with Gasteiger partial charge in [-0.15, -0.1) is 11.3 Å². The van der Waals surface area contributed by atoms with Crippen LogP contribution >= 0.6 is 11.3 Å². The number of thiophene rings is 1. The normalized spacial score (nSPS) is 10.2. The standard InChI is InChI=1S/C10H14O2S/c1-2-12-7-3-5-9(11)10-6-4-8-13-10/h4,6,8H,2-3,5,7H2,1H3. The Hall–Kier alpha value is -0.670. The number of ether oxygens (including phenoxy) is 1. The number of rotatable bonds is 6. The molecule has 0 aromatic carbocycles. The van der Waals surface area contributed by atoms with Gasteiger partial charge >= 0.3 is 0 Å². The van der Waals surface area contributed by atoms with E-state index >= 15 is 0 Å². The van der Waals surface area contributed by atoms with Crippen LogP contribution in [0, 0.1) is 0 Å². The molecule has 3 heteroatoms. The van der Waals surface area contributed by atoms with Crippen molar-refractivity contribution < 1.29 is 9.53 Å². The molecule has 0 atom stereocenters. The van der Waals surface area contributed by atoms with Crippen molar-refractivity contribution in [1.82, 2.24) is 0 Å². The molecule has 2 nitrogen and oxygen atoms in total. The molecule has 0 fully saturated rings. The number of hydrogen-bond acceptors (Lipinski definition) is 3. The Bertz CT molecular complexity index is 241. The molecule has 0 amide bonds. The second kappa shape index (κ2) is 5.89. The minimum absolute atomic E-state index is 0.231. The molecule has 0 N–H and O–H groups in total. The van der Waals surface area contributed by atoms with Crippen molar-refractivity contribution in [2.45, 2.75) is 19.8 Å². The number of carbonyl (C=O) groups excluding carboxylic acids is 1. The molecule has 0 aliphatic carbocycles. The van der Waals surface area contributed by atoms with Gasteiger partial charge in [-0.05, 0) is 24.8 Å². The summed E-state index contributed by atoms with van der Waals surface area (Å²) in [6.07, 6.45) is 1.42. The largest absolute Gasteiger partial charge is 0.382 e. The van der Waals surface area contributed by atoms with Crippen LogP contribution in [0.2, 0.25) is 0 Å². The second-order valence-corrected chi connectivity index (χ2v) is 3.65. The molecule has 0 radical (unpaired) electrons. The highest BCUT2D eigenvalue weighted by atomic mass is 32.1. The molecule has 0 saturated carbocycles. The highest BCUT2D eigenvalue weighted by Gasteiger charge is 2.05. The molecular formula is C10H14O2S. The predicted molar refractivity (Wildman–Crippen MR) is 54.4 cm³/mol. The zero-order chi connectivity index (χ0) is 9.52. The Morgan fingerprint density at radius 2 is 2.46 bits per heavy atom. The monoisotopic (exact) mass is 198 g/mol. The van der Waals surface area contributed by atoms with Gasteiger partial charge < -0.3 is 4.74 Å². The number of Topliss-reactive ketones (excluding diaryl/α,β-unsaturated/α-hetero) is 1. The van der Waals surface area contributed by atoms with E-state index in [9.17, 15) is 4.79 Å². The molecule has 0 bridgehead atoms. The van der Waals surface area contributed by atoms with Crippen LogP contribution in [-0.4, -0.2) is 19.0 Å². The van der Waals surface area contributed by atoms with Crippen LogP contribution in [0.3, 0.4) is 0 Å². The van der Waals surface area contributed by atoms with Crippen LogP contribution in [-0.2, 0) is 4.74 Å². The Balaban J connectivity index is 2.19. The van der Waals surface area contributed by atoms with E-state index in [0.717, 1.165) is 17.9 Å². The van der Waals surface area contributed by atoms with Gasteiger partial charge in [0.1, 0.15) is 0 Å². The lowest BCUT2D eigenvalue weighted by Crippen LogP contribution is -2.00. The maximum Gasteiger partial charge on any atom is 0.172 e. The first-order valence-electron chi connectivity index (χ1n) is 4.49. The minimum atomic E-state index is 0.231. The number of ketones is 1. The van der Waals surface area contributed by atoms with Crippen molar-refractivity contribution in [3.05, 3.63) is 22.4 Å². The highest BCUT2D eigenvalue weighted by molar-refractivity contribution is 7.12. The van der Waals surface area contributed by atoms with Crippen molar-refractivity contribution in [3.8, 4) is 0 Å². The quantitative estimate of drug-likeness (QED) is 0.519. The second-order valence-electron chi connectivity index (χ2n) is 2.70. The van der Waals surface area contributed by atoms with Crippen LogP contribution in [0.25, 0.3) is 0 Å². The topological polar surface area (TPSA) is 26.3 Å². The molecule has 1 heterocycles. The molecule has 13 heavy (non-hydrogen) atoms. The summed E-state index contributed by atoms with van der Waals surface area (Å²) < 4.78 is 5.15. The van der Waals surface area contributed by atoms with E-state index in [1.54, 1.807) is 0 Å². The first kappa shape index (κ1) is 10.4. The minimum Gasteiger partial charge on any atom is -0.382 e. The first-order chi connectivity index (χ1) is 6.34. The smallest absolute Gasteiger partial charge is 0.172 e. The van der Waals surface area contributed by atoms with Crippen molar-refractivity contribution in [1.29, 1.82) is 0 Å². The van der Waals surface area contributed by atoms with Crippen molar-refractivity contribution in [2.24, 2.45) is 0 Å². The van der Waals surface area contributed by atoms with Crippen LogP contribution in [0.15, 0.2) is 17.5 Å². The summed E-state index contributed by atoms with van der Waals surface area (Å²) in [4.78, 5) is 12.3. The zero-order valence-electron chi connectivity index (χ0n) is 7.79. The molecule has 0 saturated heterocycles. The van der Waals surface area contributed by atoms with Crippen LogP contribution in [0.4, 0.5) is 0 Å². The summed E-state index contributed by atoms with van der Waals surface area (Å²) in [6.45, 7) is 3.38. The third-order valence-corrected chi connectivity index (χ3v) is 2.60. The molecule has 0 unspecified atom stereocenters. The van der Waals surface area contributed by atoms with E-state index in [1.807, 2.05) is 24.4 Å². The summed E-state index contributed by atoms with van der Waals surface area (Å²) >= 11 is 1.50. The van der Waals surface area contributed by atoms with Gasteiger partial charge in [-0.3, -0.25) is 4.79 Å². The molecule has 0 aliphatic rings. The van der Waals surface area contributed by atoms with Gasteiger partial charge in [0, 0.05) is 19.6 Å². The van der Waals surface area contributed by atoms with Gasteiger partial charge in [0.2, 0.25) is 0 Å². The fraction of sp³-hybridized carbons (Fsp3) is 0.500. The Kier molecular flexibility index (Phi) is 4.72. The van der Waals surface area contributed by atoms with Gasteiger partial charge in [-0.2, -0.15) is 0 Å². The fourth-order valence-electron chi connectivity index (χ4n) is 1.04. The molecule has 0 spiro atoms. The Morgan fingerprint density at radius 1 is 1.62 bits per heavy atom. The Labute approximate surface area is 82.5 Å². The molecular weight excluding hydrogens is 184 g/mol. The molecule has 1 rings (SSSR count). The lowest BCUT2D eigenvalue weighted by Gasteiger charge is -1.99. The summed E-state index contributed by atoms with van der Waals surface area (Å²) in [5.74, 6) is 0.231. The summed E-state index contributed by atoms with van der Waals surface area (Å²) in [7, 11) is 0. The van der Waals surface area contributed by atoms with Gasteiger partial charge in [0.25, 0.3) is 0 Å².